The van der Waals surface area contributed by atoms with Crippen molar-refractivity contribution in [1.82, 2.24) is 5.32 Å². The molecule has 0 unspecified atom stereocenters. The van der Waals surface area contributed by atoms with Gasteiger partial charge in [-0.1, -0.05) is 34.9 Å². The van der Waals surface area contributed by atoms with Crippen molar-refractivity contribution in [3.05, 3.63) is 39.9 Å². The molecule has 8 heteroatoms. The van der Waals surface area contributed by atoms with Gasteiger partial charge in [0.2, 0.25) is 15.9 Å². The Kier molecular flexibility index (Phi) is 7.38. The molecule has 0 bridgehead atoms. The summed E-state index contributed by atoms with van der Waals surface area (Å²) in [5.74, 6) is -0.372. The zero-order valence-corrected chi connectivity index (χ0v) is 17.3. The zero-order chi connectivity index (χ0) is 19.3. The predicted molar refractivity (Wildman–Crippen MR) is 107 cm³/mol. The molecule has 1 aliphatic carbocycles. The highest BCUT2D eigenvalue weighted by atomic mass is 35.5. The van der Waals surface area contributed by atoms with Gasteiger partial charge in [-0.2, -0.15) is 0 Å². The van der Waals surface area contributed by atoms with E-state index < -0.39 is 16.1 Å². The van der Waals surface area contributed by atoms with Gasteiger partial charge < -0.3 is 5.32 Å². The van der Waals surface area contributed by atoms with Crippen LogP contribution >= 0.6 is 23.2 Å². The molecule has 0 spiro atoms. The molecule has 0 saturated heterocycles. The van der Waals surface area contributed by atoms with Crippen LogP contribution in [-0.4, -0.2) is 33.2 Å². The topological polar surface area (TPSA) is 66.5 Å². The van der Waals surface area contributed by atoms with Crippen LogP contribution in [0.2, 0.25) is 10.0 Å². The highest BCUT2D eigenvalue weighted by Gasteiger charge is 2.30. The fourth-order valence-electron chi connectivity index (χ4n) is 3.06. The number of nitrogens with zero attached hydrogens (tertiary/aromatic N) is 1. The van der Waals surface area contributed by atoms with Gasteiger partial charge in [-0.3, -0.25) is 9.10 Å². The van der Waals surface area contributed by atoms with Gasteiger partial charge in [0.25, 0.3) is 0 Å². The molecule has 1 N–H and O–H groups in total. The molecule has 0 aromatic heterocycles. The van der Waals surface area contributed by atoms with Gasteiger partial charge in [-0.25, -0.2) is 8.42 Å². The Hall–Kier alpha value is -1.24. The van der Waals surface area contributed by atoms with Crippen LogP contribution < -0.4 is 9.62 Å². The van der Waals surface area contributed by atoms with Crippen molar-refractivity contribution in [3.63, 3.8) is 0 Å². The molecule has 26 heavy (non-hydrogen) atoms. The van der Waals surface area contributed by atoms with Crippen molar-refractivity contribution in [1.29, 1.82) is 0 Å². The summed E-state index contributed by atoms with van der Waals surface area (Å²) >= 11 is 12.1. The molecule has 0 fully saturated rings. The van der Waals surface area contributed by atoms with Crippen LogP contribution in [0.5, 0.6) is 0 Å². The summed E-state index contributed by atoms with van der Waals surface area (Å²) in [4.78, 5) is 12.5. The molecular formula is C18H24Cl2N2O3S. The number of hydrogen-bond donors (Lipinski definition) is 1. The standard InChI is InChI=1S/C18H24Cl2N2O3S/c1-13(18(23)21-11-10-14-6-4-3-5-7-14)22(26(2,24)25)17-12-15(19)8-9-16(17)20/h6,8-9,12-13H,3-5,7,10-11H2,1-2H3,(H,21,23)/t13-/m0/s1. The first-order chi connectivity index (χ1) is 12.2. The van der Waals surface area contributed by atoms with Gasteiger partial charge in [0.15, 0.2) is 0 Å². The second-order valence-electron chi connectivity index (χ2n) is 6.48. The quantitative estimate of drug-likeness (QED) is 0.675. The Bertz CT molecular complexity index is 794. The first kappa shape index (κ1) is 21.1. The number of hydrogen-bond acceptors (Lipinski definition) is 3. The maximum atomic E-state index is 12.5. The molecular weight excluding hydrogens is 395 g/mol. The molecule has 1 aromatic rings. The number of sulfonamides is 1. The second kappa shape index (κ2) is 9.11. The van der Waals surface area contributed by atoms with Gasteiger partial charge in [-0.15, -0.1) is 0 Å². The third kappa shape index (κ3) is 5.63. The van der Waals surface area contributed by atoms with Gasteiger partial charge in [0.05, 0.1) is 17.0 Å². The molecule has 0 heterocycles. The third-order valence-electron chi connectivity index (χ3n) is 4.36. The van der Waals surface area contributed by atoms with E-state index >= 15 is 0 Å². The number of benzene rings is 1. The number of carbonyl (C=O) groups is 1. The van der Waals surface area contributed by atoms with Crippen LogP contribution in [0.4, 0.5) is 5.69 Å². The summed E-state index contributed by atoms with van der Waals surface area (Å²) in [7, 11) is -3.73. The lowest BCUT2D eigenvalue weighted by Crippen LogP contribution is -2.48. The van der Waals surface area contributed by atoms with Gasteiger partial charge in [-0.05, 0) is 57.2 Å². The Labute approximate surface area is 165 Å². The summed E-state index contributed by atoms with van der Waals surface area (Å²) in [6.45, 7) is 2.02. The van der Waals surface area contributed by atoms with Crippen LogP contribution in [0.15, 0.2) is 29.8 Å². The molecule has 144 valence electrons. The lowest BCUT2D eigenvalue weighted by atomic mass is 9.97. The lowest BCUT2D eigenvalue weighted by Gasteiger charge is -2.29. The average molecular weight is 419 g/mol. The Balaban J connectivity index is 2.11. The summed E-state index contributed by atoms with van der Waals surface area (Å²) in [6.07, 6.45) is 8.62. The molecule has 0 aliphatic heterocycles. The van der Waals surface area contributed by atoms with Gasteiger partial charge in [0.1, 0.15) is 6.04 Å². The summed E-state index contributed by atoms with van der Waals surface area (Å²) in [5, 5.41) is 3.38. The molecule has 0 radical (unpaired) electrons. The number of anilines is 1. The van der Waals surface area contributed by atoms with Gasteiger partial charge in [0, 0.05) is 11.6 Å². The molecule has 2 rings (SSSR count). The monoisotopic (exact) mass is 418 g/mol. The van der Waals surface area contributed by atoms with Crippen molar-refractivity contribution in [2.24, 2.45) is 0 Å². The second-order valence-corrected chi connectivity index (χ2v) is 9.18. The Morgan fingerprint density at radius 2 is 2.04 bits per heavy atom. The maximum absolute atomic E-state index is 12.5. The first-order valence-electron chi connectivity index (χ1n) is 8.60. The fraction of sp³-hybridized carbons (Fsp3) is 0.500. The molecule has 1 atom stereocenters. The van der Waals surface area contributed by atoms with Crippen LogP contribution in [0.1, 0.15) is 39.0 Å². The number of allylic oxidation sites excluding steroid dienone is 1. The van der Waals surface area contributed by atoms with Crippen molar-refractivity contribution < 1.29 is 13.2 Å². The highest BCUT2D eigenvalue weighted by Crippen LogP contribution is 2.32. The van der Waals surface area contributed by atoms with E-state index in [4.69, 9.17) is 23.2 Å². The molecule has 1 amide bonds. The Morgan fingerprint density at radius 3 is 2.65 bits per heavy atom. The maximum Gasteiger partial charge on any atom is 0.243 e. The largest absolute Gasteiger partial charge is 0.354 e. The normalized spacial score (nSPS) is 15.9. The van der Waals surface area contributed by atoms with Gasteiger partial charge >= 0.3 is 0 Å². The Morgan fingerprint density at radius 1 is 1.31 bits per heavy atom. The van der Waals surface area contributed by atoms with E-state index in [0.717, 1.165) is 29.8 Å². The van der Waals surface area contributed by atoms with E-state index in [-0.39, 0.29) is 16.6 Å². The van der Waals surface area contributed by atoms with E-state index in [2.05, 4.69) is 11.4 Å². The molecule has 1 aliphatic rings. The van der Waals surface area contributed by atoms with E-state index in [1.54, 1.807) is 6.07 Å². The summed E-state index contributed by atoms with van der Waals surface area (Å²) in [5.41, 5.74) is 1.54. The average Bonchev–Trinajstić information content (AvgIpc) is 2.57. The van der Waals surface area contributed by atoms with E-state index in [9.17, 15) is 13.2 Å². The lowest BCUT2D eigenvalue weighted by molar-refractivity contribution is -0.121. The molecule has 5 nitrogen and oxygen atoms in total. The minimum Gasteiger partial charge on any atom is -0.354 e. The van der Waals surface area contributed by atoms with Crippen LogP contribution in [0, 0.1) is 0 Å². The number of amides is 1. The van der Waals surface area contributed by atoms with Crippen molar-refractivity contribution >= 4 is 44.8 Å². The molecule has 1 aromatic carbocycles. The van der Waals surface area contributed by atoms with E-state index in [0.29, 0.717) is 11.6 Å². The van der Waals surface area contributed by atoms with Crippen LogP contribution in [0.25, 0.3) is 0 Å². The van der Waals surface area contributed by atoms with Crippen molar-refractivity contribution in [2.45, 2.75) is 45.1 Å². The summed E-state index contributed by atoms with van der Waals surface area (Å²) in [6, 6.07) is 3.58. The predicted octanol–water partition coefficient (Wildman–Crippen LogP) is 4.15. The third-order valence-corrected chi connectivity index (χ3v) is 6.15. The van der Waals surface area contributed by atoms with Crippen LogP contribution in [0.3, 0.4) is 0 Å². The number of halogens is 2. The first-order valence-corrected chi connectivity index (χ1v) is 11.2. The minimum atomic E-state index is -3.73. The summed E-state index contributed by atoms with van der Waals surface area (Å²) < 4.78 is 25.6. The highest BCUT2D eigenvalue weighted by molar-refractivity contribution is 7.92. The van der Waals surface area contributed by atoms with Crippen molar-refractivity contribution in [3.8, 4) is 0 Å². The van der Waals surface area contributed by atoms with E-state index in [1.165, 1.54) is 37.5 Å². The smallest absolute Gasteiger partial charge is 0.243 e. The molecule has 0 saturated carbocycles. The van der Waals surface area contributed by atoms with Crippen molar-refractivity contribution in [2.75, 3.05) is 17.1 Å². The zero-order valence-electron chi connectivity index (χ0n) is 15.0. The fourth-order valence-corrected chi connectivity index (χ4v) is 4.66. The number of carbonyl (C=O) groups excluding carboxylic acids is 1. The number of nitrogens with one attached hydrogen (secondary N) is 1. The minimum absolute atomic E-state index is 0.194. The van der Waals surface area contributed by atoms with E-state index in [1.807, 2.05) is 0 Å². The SMILES string of the molecule is C[C@@H](C(=O)NCCC1=CCCCC1)N(c1cc(Cl)ccc1Cl)S(C)(=O)=O. The van der Waals surface area contributed by atoms with Crippen LogP contribution in [-0.2, 0) is 14.8 Å². The number of rotatable bonds is 7.